The summed E-state index contributed by atoms with van der Waals surface area (Å²) in [4.78, 5) is 0. The molecular formula is C26H36FNO. The summed E-state index contributed by atoms with van der Waals surface area (Å²) in [5, 5.41) is 8.56. The minimum absolute atomic E-state index is 0.207. The molecule has 158 valence electrons. The van der Waals surface area contributed by atoms with Gasteiger partial charge in [0, 0.05) is 6.61 Å². The topological polar surface area (TPSA) is 33.0 Å². The summed E-state index contributed by atoms with van der Waals surface area (Å²) in [7, 11) is 0. The van der Waals surface area contributed by atoms with Gasteiger partial charge in [0.25, 0.3) is 0 Å². The lowest BCUT2D eigenvalue weighted by molar-refractivity contribution is -0.00465. The highest BCUT2D eigenvalue weighted by atomic mass is 19.1. The number of hydrogen-bond acceptors (Lipinski definition) is 2. The van der Waals surface area contributed by atoms with Crippen LogP contribution in [0, 0.1) is 23.2 Å². The molecule has 1 aromatic carbocycles. The molecule has 3 heteroatoms. The van der Waals surface area contributed by atoms with Crippen molar-refractivity contribution in [3.8, 4) is 6.07 Å². The van der Waals surface area contributed by atoms with Crippen molar-refractivity contribution in [3.05, 3.63) is 47.3 Å². The molecule has 2 fully saturated rings. The summed E-state index contributed by atoms with van der Waals surface area (Å²) in [5.41, 5.74) is 2.99. The fourth-order valence-electron chi connectivity index (χ4n) is 4.94. The highest BCUT2D eigenvalue weighted by Crippen LogP contribution is 2.37. The smallest absolute Gasteiger partial charge is 0.196 e. The Bertz CT molecular complexity index is 674. The molecule has 0 aliphatic heterocycles. The number of benzene rings is 1. The van der Waals surface area contributed by atoms with E-state index in [1.807, 2.05) is 0 Å². The summed E-state index contributed by atoms with van der Waals surface area (Å²) in [6.07, 6.45) is 14.4. The molecule has 0 atom stereocenters. The fourth-order valence-corrected chi connectivity index (χ4v) is 4.94. The Hall–Kier alpha value is -1.66. The molecule has 29 heavy (non-hydrogen) atoms. The van der Waals surface area contributed by atoms with Gasteiger partial charge in [0.2, 0.25) is 0 Å². The van der Waals surface area contributed by atoms with Crippen LogP contribution >= 0.6 is 0 Å². The van der Waals surface area contributed by atoms with E-state index in [1.54, 1.807) is 6.07 Å². The van der Waals surface area contributed by atoms with Crippen LogP contribution in [0.25, 0.3) is 0 Å². The number of ether oxygens (including phenoxy) is 1. The minimum atomic E-state index is -0.637. The van der Waals surface area contributed by atoms with Gasteiger partial charge in [-0.3, -0.25) is 0 Å². The maximum Gasteiger partial charge on any atom is 0.196 e. The molecule has 2 aliphatic carbocycles. The third kappa shape index (κ3) is 6.96. The van der Waals surface area contributed by atoms with E-state index in [-0.39, 0.29) is 5.92 Å². The highest BCUT2D eigenvalue weighted by molar-refractivity contribution is 5.26. The van der Waals surface area contributed by atoms with Crippen molar-refractivity contribution < 1.29 is 9.13 Å². The normalized spacial score (nSPS) is 28.1. The molecule has 0 radical (unpaired) electrons. The molecule has 0 saturated heterocycles. The van der Waals surface area contributed by atoms with E-state index in [1.165, 1.54) is 62.1 Å². The monoisotopic (exact) mass is 397 g/mol. The third-order valence-electron chi connectivity index (χ3n) is 6.89. The number of hydrogen-bond donors (Lipinski definition) is 0. The first-order valence-electron chi connectivity index (χ1n) is 11.7. The molecule has 0 unspecified atom stereocenters. The lowest BCUT2D eigenvalue weighted by atomic mass is 9.78. The van der Waals surface area contributed by atoms with Crippen LogP contribution < -0.4 is 0 Å². The van der Waals surface area contributed by atoms with E-state index in [9.17, 15) is 4.39 Å². The first kappa shape index (κ1) is 22.0. The maximum atomic E-state index is 13.1. The van der Waals surface area contributed by atoms with Crippen LogP contribution in [-0.2, 0) is 11.2 Å². The molecule has 2 nitrogen and oxygen atoms in total. The van der Waals surface area contributed by atoms with Crippen molar-refractivity contribution in [2.75, 3.05) is 6.61 Å². The molecule has 0 spiro atoms. The van der Waals surface area contributed by atoms with Gasteiger partial charge in [-0.1, -0.05) is 37.6 Å². The second kappa shape index (κ2) is 11.5. The Morgan fingerprint density at radius 1 is 1.07 bits per heavy atom. The lowest BCUT2D eigenvalue weighted by Crippen LogP contribution is -2.25. The van der Waals surface area contributed by atoms with Crippen LogP contribution in [0.1, 0.15) is 88.2 Å². The second-order valence-corrected chi connectivity index (χ2v) is 9.06. The van der Waals surface area contributed by atoms with E-state index in [0.717, 1.165) is 32.3 Å². The van der Waals surface area contributed by atoms with Crippen molar-refractivity contribution in [2.45, 2.75) is 89.6 Å². The zero-order valence-electron chi connectivity index (χ0n) is 17.9. The number of nitrogens with zero attached hydrogens (tertiary/aromatic N) is 1. The number of unbranched alkanes of at least 4 members (excludes halogenated alkanes) is 1. The van der Waals surface area contributed by atoms with Gasteiger partial charge >= 0.3 is 0 Å². The zero-order chi connectivity index (χ0) is 20.5. The minimum Gasteiger partial charge on any atom is -0.378 e. The van der Waals surface area contributed by atoms with E-state index in [0.29, 0.717) is 17.9 Å². The summed E-state index contributed by atoms with van der Waals surface area (Å²) in [5.74, 6) is 0.965. The van der Waals surface area contributed by atoms with Crippen molar-refractivity contribution in [2.24, 2.45) is 11.8 Å². The molecule has 1 aromatic rings. The summed E-state index contributed by atoms with van der Waals surface area (Å²) < 4.78 is 19.3. The van der Waals surface area contributed by atoms with Gasteiger partial charge in [-0.2, -0.15) is 9.65 Å². The molecule has 0 heterocycles. The molecule has 2 saturated carbocycles. The number of halogens is 1. The van der Waals surface area contributed by atoms with Crippen LogP contribution in [0.3, 0.4) is 0 Å². The Morgan fingerprint density at radius 3 is 2.38 bits per heavy atom. The Balaban J connectivity index is 1.35. The van der Waals surface area contributed by atoms with Gasteiger partial charge in [0.1, 0.15) is 6.07 Å². The highest BCUT2D eigenvalue weighted by Gasteiger charge is 2.25. The van der Waals surface area contributed by atoms with Gasteiger partial charge in [-0.25, -0.2) is 0 Å². The van der Waals surface area contributed by atoms with Crippen molar-refractivity contribution in [1.29, 1.82) is 5.26 Å². The molecule has 0 amide bonds. The van der Waals surface area contributed by atoms with E-state index in [2.05, 4.69) is 31.2 Å². The first-order chi connectivity index (χ1) is 14.2. The van der Waals surface area contributed by atoms with Crippen molar-refractivity contribution in [1.82, 2.24) is 0 Å². The van der Waals surface area contributed by atoms with E-state index < -0.39 is 5.83 Å². The van der Waals surface area contributed by atoms with Crippen LogP contribution in [-0.4, -0.2) is 12.7 Å². The summed E-state index contributed by atoms with van der Waals surface area (Å²) >= 11 is 0. The van der Waals surface area contributed by atoms with Gasteiger partial charge in [0.05, 0.1) is 6.10 Å². The number of aryl methyl sites for hydroxylation is 1. The Labute approximate surface area is 176 Å². The average molecular weight is 398 g/mol. The van der Waals surface area contributed by atoms with Gasteiger partial charge < -0.3 is 4.74 Å². The van der Waals surface area contributed by atoms with Crippen LogP contribution in [0.15, 0.2) is 36.2 Å². The third-order valence-corrected chi connectivity index (χ3v) is 6.89. The molecule has 2 aliphatic rings. The largest absolute Gasteiger partial charge is 0.378 e. The molecule has 3 rings (SSSR count). The van der Waals surface area contributed by atoms with Gasteiger partial charge in [0.15, 0.2) is 5.83 Å². The van der Waals surface area contributed by atoms with Crippen LogP contribution in [0.4, 0.5) is 4.39 Å². The summed E-state index contributed by atoms with van der Waals surface area (Å²) in [6, 6.07) is 10.9. The van der Waals surface area contributed by atoms with Crippen molar-refractivity contribution in [3.63, 3.8) is 0 Å². The number of rotatable bonds is 8. The number of nitriles is 1. The van der Waals surface area contributed by atoms with Crippen LogP contribution in [0.2, 0.25) is 0 Å². The fraction of sp³-hybridized carbons (Fsp3) is 0.654. The van der Waals surface area contributed by atoms with Crippen LogP contribution in [0.5, 0.6) is 0 Å². The first-order valence-corrected chi connectivity index (χ1v) is 11.7. The SMILES string of the molecule is CCCCc1ccc([C@H]2CC[C@H](CO[C@H]3CC[C@H](/C=C(/F)C#N)CC3)CC2)cc1. The van der Waals surface area contributed by atoms with Gasteiger partial charge in [-0.15, -0.1) is 0 Å². The van der Waals surface area contributed by atoms with Crippen molar-refractivity contribution >= 4 is 0 Å². The molecule has 0 bridgehead atoms. The molecule has 0 aromatic heterocycles. The predicted molar refractivity (Wildman–Crippen MR) is 116 cm³/mol. The predicted octanol–water partition coefficient (Wildman–Crippen LogP) is 7.26. The average Bonchev–Trinajstić information content (AvgIpc) is 2.78. The second-order valence-electron chi connectivity index (χ2n) is 9.06. The van der Waals surface area contributed by atoms with Gasteiger partial charge in [-0.05, 0) is 99.2 Å². The zero-order valence-corrected chi connectivity index (χ0v) is 17.9. The Morgan fingerprint density at radius 2 is 1.76 bits per heavy atom. The standard InChI is InChI=1S/C26H36FNO/c1-2-3-4-20-5-11-23(12-6-20)24-13-7-22(8-14-24)19-29-26-15-9-21(10-16-26)17-25(27)18-28/h5-6,11-12,17,21-22,24,26H,2-4,7-10,13-16,19H2,1H3/b25-17+/t21-,22-,24-,26-. The lowest BCUT2D eigenvalue weighted by Gasteiger charge is -2.32. The molecular weight excluding hydrogens is 361 g/mol. The van der Waals surface area contributed by atoms with E-state index >= 15 is 0 Å². The number of allylic oxidation sites excluding steroid dienone is 2. The Kier molecular flexibility index (Phi) is 8.74. The van der Waals surface area contributed by atoms with E-state index in [4.69, 9.17) is 10.00 Å². The maximum absolute atomic E-state index is 13.1. The molecule has 0 N–H and O–H groups in total. The summed E-state index contributed by atoms with van der Waals surface area (Å²) in [6.45, 7) is 3.12. The quantitative estimate of drug-likeness (QED) is 0.433.